The SMILES string of the molecule is COc1cc(-c2cnc3cc(C(C)=O)ccn23)cc(OC(F)F)c1C(=O)NC1CC1.COc1cc(-c2cnc3cc(C(C)C4CCCC4)ccn23)cc(OC(F)F)c1C(=O)NC1CC1. The molecule has 4 heterocycles. The highest BCUT2D eigenvalue weighted by atomic mass is 19.3. The zero-order chi connectivity index (χ0) is 45.2. The molecule has 64 heavy (non-hydrogen) atoms. The van der Waals surface area contributed by atoms with Gasteiger partial charge in [0.2, 0.25) is 0 Å². The van der Waals surface area contributed by atoms with E-state index >= 15 is 0 Å². The number of amides is 2. The molecule has 13 nitrogen and oxygen atoms in total. The first kappa shape index (κ1) is 44.0. The number of fused-ring (bicyclic) bond motifs is 2. The van der Waals surface area contributed by atoms with Gasteiger partial charge in [0, 0.05) is 41.2 Å². The summed E-state index contributed by atoms with van der Waals surface area (Å²) in [6.07, 6.45) is 15.4. The fourth-order valence-corrected chi connectivity index (χ4v) is 8.23. The maximum absolute atomic E-state index is 13.2. The second-order valence-electron chi connectivity index (χ2n) is 16.4. The molecule has 0 bridgehead atoms. The lowest BCUT2D eigenvalue weighted by Crippen LogP contribution is -2.26. The van der Waals surface area contributed by atoms with E-state index in [1.807, 2.05) is 10.6 Å². The summed E-state index contributed by atoms with van der Waals surface area (Å²) in [5.41, 5.74) is 5.24. The predicted octanol–water partition coefficient (Wildman–Crippen LogP) is 9.50. The standard InChI is InChI=1S/C26H29F2N3O3.C21H19F2N3O4/c1-15(16-5-3-4-6-16)17-9-10-31-20(14-29-23(31)13-17)18-11-21(33-2)24(22(12-18)34-26(27)28)25(32)30-19-7-8-19;1-11(27)12-5-6-26-15(10-24-18(26)9-12)13-7-16(29-2)19(17(8-13)30-21(22)23)20(28)25-14-3-4-14/h9-16,19,26H,3-8H2,1-2H3,(H,30,32);5-10,14,21H,3-4H2,1-2H3,(H,25,28). The van der Waals surface area contributed by atoms with Crippen LogP contribution in [0.4, 0.5) is 17.6 Å². The fraction of sp³-hybridized carbons (Fsp3) is 0.383. The van der Waals surface area contributed by atoms with E-state index in [4.69, 9.17) is 14.2 Å². The molecule has 0 radical (unpaired) electrons. The van der Waals surface area contributed by atoms with Crippen molar-refractivity contribution >= 4 is 28.9 Å². The molecule has 0 aliphatic heterocycles. The third kappa shape index (κ3) is 9.62. The Morgan fingerprint density at radius 2 is 1.11 bits per heavy atom. The summed E-state index contributed by atoms with van der Waals surface area (Å²) in [4.78, 5) is 45.8. The largest absolute Gasteiger partial charge is 0.496 e. The molecule has 336 valence electrons. The van der Waals surface area contributed by atoms with E-state index in [9.17, 15) is 31.9 Å². The number of nitrogens with zero attached hydrogens (tertiary/aromatic N) is 4. The number of imidazole rings is 2. The Bertz CT molecular complexity index is 2710. The van der Waals surface area contributed by atoms with Crippen molar-refractivity contribution in [2.75, 3.05) is 14.2 Å². The Morgan fingerprint density at radius 3 is 1.55 bits per heavy atom. The monoisotopic (exact) mass is 884 g/mol. The van der Waals surface area contributed by atoms with E-state index in [-0.39, 0.29) is 52.0 Å². The average Bonchev–Trinajstić information content (AvgIpc) is 4.09. The minimum Gasteiger partial charge on any atom is -0.496 e. The second-order valence-corrected chi connectivity index (χ2v) is 16.4. The summed E-state index contributed by atoms with van der Waals surface area (Å²) in [5, 5.41) is 5.59. The van der Waals surface area contributed by atoms with Gasteiger partial charge < -0.3 is 29.6 Å². The molecule has 0 spiro atoms. The normalized spacial score (nSPS) is 15.5. The summed E-state index contributed by atoms with van der Waals surface area (Å²) in [5.74, 6) is -0.165. The minimum absolute atomic E-state index is 0.0278. The van der Waals surface area contributed by atoms with Gasteiger partial charge in [-0.3, -0.25) is 23.2 Å². The number of ether oxygens (including phenoxy) is 4. The summed E-state index contributed by atoms with van der Waals surface area (Å²) in [6, 6.07) is 13.6. The van der Waals surface area contributed by atoms with Crippen LogP contribution in [0, 0.1) is 5.92 Å². The molecule has 1 atom stereocenters. The number of hydrogen-bond acceptors (Lipinski definition) is 9. The highest BCUT2D eigenvalue weighted by molar-refractivity contribution is 6.02. The Balaban J connectivity index is 0.000000176. The van der Waals surface area contributed by atoms with Gasteiger partial charge in [0.05, 0.1) is 38.0 Å². The van der Waals surface area contributed by atoms with Gasteiger partial charge in [0.25, 0.3) is 11.8 Å². The van der Waals surface area contributed by atoms with Gasteiger partial charge in [0.15, 0.2) is 5.78 Å². The third-order valence-electron chi connectivity index (χ3n) is 12.0. The van der Waals surface area contributed by atoms with Crippen molar-refractivity contribution in [1.29, 1.82) is 0 Å². The zero-order valence-electron chi connectivity index (χ0n) is 35.7. The molecule has 4 aromatic heterocycles. The van der Waals surface area contributed by atoms with Crippen LogP contribution in [0.1, 0.15) is 108 Å². The molecule has 3 saturated carbocycles. The summed E-state index contributed by atoms with van der Waals surface area (Å²) in [7, 11) is 2.76. The molecule has 2 amide bonds. The molecular formula is C47H48F4N6O7. The lowest BCUT2D eigenvalue weighted by Gasteiger charge is -2.19. The van der Waals surface area contributed by atoms with Gasteiger partial charge in [0.1, 0.15) is 45.4 Å². The summed E-state index contributed by atoms with van der Waals surface area (Å²) in [6.45, 7) is -2.46. The highest BCUT2D eigenvalue weighted by Crippen LogP contribution is 2.40. The van der Waals surface area contributed by atoms with Crippen LogP contribution in [0.15, 0.2) is 73.3 Å². The first-order chi connectivity index (χ1) is 30.8. The number of carbonyl (C=O) groups is 3. The molecule has 3 aliphatic carbocycles. The van der Waals surface area contributed by atoms with Crippen molar-refractivity contribution in [3.8, 4) is 45.5 Å². The first-order valence-electron chi connectivity index (χ1n) is 21.2. The van der Waals surface area contributed by atoms with Crippen molar-refractivity contribution in [1.82, 2.24) is 29.4 Å². The smallest absolute Gasteiger partial charge is 0.387 e. The maximum Gasteiger partial charge on any atom is 0.387 e. The van der Waals surface area contributed by atoms with Crippen LogP contribution >= 0.6 is 0 Å². The van der Waals surface area contributed by atoms with E-state index in [1.165, 1.54) is 64.5 Å². The number of methoxy groups -OCH3 is 2. The topological polar surface area (TPSA) is 147 Å². The van der Waals surface area contributed by atoms with Gasteiger partial charge in [-0.1, -0.05) is 19.8 Å². The Morgan fingerprint density at radius 1 is 0.656 bits per heavy atom. The van der Waals surface area contributed by atoms with Crippen molar-refractivity contribution in [2.45, 2.75) is 96.4 Å². The van der Waals surface area contributed by atoms with Crippen LogP contribution < -0.4 is 29.6 Å². The molecule has 0 saturated heterocycles. The number of Topliss-reactive ketones (excluding diaryl/α,β-unsaturated/α-hetero) is 1. The van der Waals surface area contributed by atoms with Gasteiger partial charge in [-0.25, -0.2) is 9.97 Å². The Kier molecular flexibility index (Phi) is 12.8. The van der Waals surface area contributed by atoms with Crippen LogP contribution in [0.3, 0.4) is 0 Å². The molecule has 17 heteroatoms. The predicted molar refractivity (Wildman–Crippen MR) is 229 cm³/mol. The number of halogens is 4. The van der Waals surface area contributed by atoms with Crippen LogP contribution in [0.5, 0.6) is 23.0 Å². The Labute approximate surface area is 366 Å². The lowest BCUT2D eigenvalue weighted by atomic mass is 9.87. The fourth-order valence-electron chi connectivity index (χ4n) is 8.23. The van der Waals surface area contributed by atoms with E-state index in [0.29, 0.717) is 45.6 Å². The first-order valence-corrected chi connectivity index (χ1v) is 21.2. The van der Waals surface area contributed by atoms with Crippen molar-refractivity contribution < 1.29 is 50.9 Å². The molecule has 2 N–H and O–H groups in total. The number of nitrogens with one attached hydrogen (secondary N) is 2. The van der Waals surface area contributed by atoms with E-state index < -0.39 is 25.0 Å². The molecule has 9 rings (SSSR count). The van der Waals surface area contributed by atoms with Crippen molar-refractivity contribution in [2.24, 2.45) is 5.92 Å². The quantitative estimate of drug-likeness (QED) is 0.0761. The summed E-state index contributed by atoms with van der Waals surface area (Å²) < 4.78 is 76.4. The number of ketones is 1. The zero-order valence-corrected chi connectivity index (χ0v) is 35.7. The van der Waals surface area contributed by atoms with Gasteiger partial charge in [-0.15, -0.1) is 0 Å². The minimum atomic E-state index is -3.11. The molecule has 6 aromatic rings. The highest BCUT2D eigenvalue weighted by Gasteiger charge is 2.31. The van der Waals surface area contributed by atoms with Crippen molar-refractivity contribution in [3.05, 3.63) is 95.6 Å². The number of carbonyl (C=O) groups excluding carboxylic acids is 3. The molecule has 3 fully saturated rings. The van der Waals surface area contributed by atoms with E-state index in [0.717, 1.165) is 31.3 Å². The molecule has 1 unspecified atom stereocenters. The van der Waals surface area contributed by atoms with Crippen molar-refractivity contribution in [3.63, 3.8) is 0 Å². The van der Waals surface area contributed by atoms with Crippen LogP contribution in [0.25, 0.3) is 33.8 Å². The van der Waals surface area contributed by atoms with E-state index in [1.54, 1.807) is 47.3 Å². The number of rotatable bonds is 15. The third-order valence-corrected chi connectivity index (χ3v) is 12.0. The number of alkyl halides is 4. The molecular weight excluding hydrogens is 837 g/mol. The maximum atomic E-state index is 13.2. The van der Waals surface area contributed by atoms with Gasteiger partial charge >= 0.3 is 13.2 Å². The number of pyridine rings is 2. The second kappa shape index (κ2) is 18.6. The number of benzene rings is 2. The number of hydrogen-bond donors (Lipinski definition) is 2. The molecule has 2 aromatic carbocycles. The number of aromatic nitrogens is 4. The Hall–Kier alpha value is -6.65. The van der Waals surface area contributed by atoms with Crippen LogP contribution in [0.2, 0.25) is 0 Å². The lowest BCUT2D eigenvalue weighted by molar-refractivity contribution is -0.0509. The summed E-state index contributed by atoms with van der Waals surface area (Å²) >= 11 is 0. The molecule has 3 aliphatic rings. The van der Waals surface area contributed by atoms with Crippen LogP contribution in [-0.4, -0.2) is 75.9 Å². The van der Waals surface area contributed by atoms with Gasteiger partial charge in [-0.2, -0.15) is 17.6 Å². The van der Waals surface area contributed by atoms with E-state index in [2.05, 4.69) is 44.4 Å². The van der Waals surface area contributed by atoms with Crippen LogP contribution in [-0.2, 0) is 0 Å². The van der Waals surface area contributed by atoms with Gasteiger partial charge in [-0.05, 0) is 111 Å². The average molecular weight is 885 g/mol.